The second-order valence-corrected chi connectivity index (χ2v) is 4.79. The predicted octanol–water partition coefficient (Wildman–Crippen LogP) is 3.09. The van der Waals surface area contributed by atoms with E-state index >= 15 is 0 Å². The Labute approximate surface area is 96.6 Å². The van der Waals surface area contributed by atoms with Crippen LogP contribution < -0.4 is 0 Å². The number of ether oxygens (including phenoxy) is 1. The van der Waals surface area contributed by atoms with E-state index in [-0.39, 0.29) is 11.9 Å². The number of hydrogen-bond donors (Lipinski definition) is 0. The summed E-state index contributed by atoms with van der Waals surface area (Å²) in [6.45, 7) is 4.37. The Kier molecular flexibility index (Phi) is 2.99. The van der Waals surface area contributed by atoms with Crippen LogP contribution in [0.4, 0.5) is 0 Å². The van der Waals surface area contributed by atoms with Gasteiger partial charge in [0, 0.05) is 0 Å². The number of rotatable bonds is 3. The minimum atomic E-state index is -0.0714. The van der Waals surface area contributed by atoms with Crippen LogP contribution in [0.1, 0.15) is 43.2 Å². The van der Waals surface area contributed by atoms with E-state index in [1.165, 1.54) is 18.2 Å². The molecule has 2 rings (SSSR count). The molecule has 2 heteroatoms. The first-order valence-corrected chi connectivity index (χ1v) is 5.81. The number of carbonyl (C=O) groups excluding carboxylic acids is 1. The van der Waals surface area contributed by atoms with Gasteiger partial charge in [-0.05, 0) is 29.4 Å². The molecule has 1 aliphatic carbocycles. The number of esters is 1. The van der Waals surface area contributed by atoms with Gasteiger partial charge in [-0.25, -0.2) is 0 Å². The van der Waals surface area contributed by atoms with Gasteiger partial charge in [0.15, 0.2) is 0 Å². The number of hydrogen-bond acceptors (Lipinski definition) is 2. The fraction of sp³-hybridized carbons (Fsp3) is 0.500. The molecular formula is C14H18O2. The topological polar surface area (TPSA) is 26.3 Å². The number of benzene rings is 1. The zero-order valence-corrected chi connectivity index (χ0v) is 10.1. The Morgan fingerprint density at radius 1 is 1.31 bits per heavy atom. The summed E-state index contributed by atoms with van der Waals surface area (Å²) in [5.41, 5.74) is 2.61. The third kappa shape index (κ3) is 2.11. The predicted molar refractivity (Wildman–Crippen MR) is 63.4 cm³/mol. The smallest absolute Gasteiger partial charge is 0.309 e. The molecule has 86 valence electrons. The van der Waals surface area contributed by atoms with Crippen molar-refractivity contribution in [3.05, 3.63) is 35.4 Å². The highest BCUT2D eigenvalue weighted by Gasteiger charge is 2.44. The second kappa shape index (κ2) is 4.28. The maximum Gasteiger partial charge on any atom is 0.309 e. The zero-order valence-electron chi connectivity index (χ0n) is 10.1. The van der Waals surface area contributed by atoms with Crippen LogP contribution in [0.3, 0.4) is 0 Å². The SMILES string of the molecule is COC(=O)C1CC1c1ccc(C(C)C)cc1. The van der Waals surface area contributed by atoms with Crippen molar-refractivity contribution in [1.29, 1.82) is 0 Å². The van der Waals surface area contributed by atoms with Crippen molar-refractivity contribution in [3.63, 3.8) is 0 Å². The molecule has 0 saturated heterocycles. The largest absolute Gasteiger partial charge is 0.469 e. The van der Waals surface area contributed by atoms with E-state index in [1.807, 2.05) is 0 Å². The van der Waals surface area contributed by atoms with Crippen LogP contribution >= 0.6 is 0 Å². The molecule has 1 aliphatic rings. The highest BCUT2D eigenvalue weighted by Crippen LogP contribution is 2.48. The van der Waals surface area contributed by atoms with Crippen LogP contribution in [0.25, 0.3) is 0 Å². The van der Waals surface area contributed by atoms with Gasteiger partial charge in [-0.15, -0.1) is 0 Å². The van der Waals surface area contributed by atoms with E-state index in [9.17, 15) is 4.79 Å². The molecule has 2 nitrogen and oxygen atoms in total. The third-order valence-corrected chi connectivity index (χ3v) is 3.33. The average molecular weight is 218 g/mol. The molecular weight excluding hydrogens is 200 g/mol. The van der Waals surface area contributed by atoms with Crippen LogP contribution in [-0.2, 0) is 9.53 Å². The fourth-order valence-electron chi connectivity index (χ4n) is 2.10. The Balaban J connectivity index is 2.05. The first-order chi connectivity index (χ1) is 7.63. The van der Waals surface area contributed by atoms with E-state index in [0.717, 1.165) is 6.42 Å². The van der Waals surface area contributed by atoms with Crippen LogP contribution in [-0.4, -0.2) is 13.1 Å². The number of methoxy groups -OCH3 is 1. The van der Waals surface area contributed by atoms with Crippen molar-refractivity contribution in [1.82, 2.24) is 0 Å². The van der Waals surface area contributed by atoms with Crippen molar-refractivity contribution in [3.8, 4) is 0 Å². The summed E-state index contributed by atoms with van der Waals surface area (Å²) >= 11 is 0. The molecule has 0 radical (unpaired) electrons. The molecule has 0 N–H and O–H groups in total. The van der Waals surface area contributed by atoms with Crippen LogP contribution in [0.2, 0.25) is 0 Å². The van der Waals surface area contributed by atoms with Crippen LogP contribution in [0.15, 0.2) is 24.3 Å². The van der Waals surface area contributed by atoms with E-state index in [0.29, 0.717) is 11.8 Å². The quantitative estimate of drug-likeness (QED) is 0.729. The highest BCUT2D eigenvalue weighted by molar-refractivity contribution is 5.77. The van der Waals surface area contributed by atoms with E-state index in [1.54, 1.807) is 0 Å². The summed E-state index contributed by atoms with van der Waals surface area (Å²) in [6, 6.07) is 8.60. The Morgan fingerprint density at radius 3 is 2.44 bits per heavy atom. The molecule has 1 saturated carbocycles. The van der Waals surface area contributed by atoms with Crippen LogP contribution in [0, 0.1) is 5.92 Å². The molecule has 1 fully saturated rings. The lowest BCUT2D eigenvalue weighted by Gasteiger charge is -2.06. The van der Waals surface area contributed by atoms with E-state index in [2.05, 4.69) is 38.1 Å². The molecule has 16 heavy (non-hydrogen) atoms. The first-order valence-electron chi connectivity index (χ1n) is 5.81. The zero-order chi connectivity index (χ0) is 11.7. The molecule has 0 heterocycles. The van der Waals surface area contributed by atoms with E-state index in [4.69, 9.17) is 4.74 Å². The molecule has 0 amide bonds. The van der Waals surface area contributed by atoms with Gasteiger partial charge < -0.3 is 4.74 Å². The van der Waals surface area contributed by atoms with Gasteiger partial charge in [-0.3, -0.25) is 4.79 Å². The molecule has 0 aromatic heterocycles. The summed E-state index contributed by atoms with van der Waals surface area (Å²) in [4.78, 5) is 11.3. The molecule has 0 bridgehead atoms. The maximum atomic E-state index is 11.3. The molecule has 0 aliphatic heterocycles. The van der Waals surface area contributed by atoms with Gasteiger partial charge >= 0.3 is 5.97 Å². The Hall–Kier alpha value is -1.31. The Bertz CT molecular complexity index is 378. The summed E-state index contributed by atoms with van der Waals surface area (Å²) in [5, 5.41) is 0. The average Bonchev–Trinajstić information content (AvgIpc) is 3.08. The molecule has 1 aromatic carbocycles. The summed E-state index contributed by atoms with van der Waals surface area (Å²) in [7, 11) is 1.46. The molecule has 2 unspecified atom stereocenters. The molecule has 1 aromatic rings. The summed E-state index contributed by atoms with van der Waals surface area (Å²) < 4.78 is 4.75. The van der Waals surface area contributed by atoms with Crippen molar-refractivity contribution in [2.75, 3.05) is 7.11 Å². The van der Waals surface area contributed by atoms with Gasteiger partial charge in [-0.1, -0.05) is 38.1 Å². The first kappa shape index (κ1) is 11.2. The minimum Gasteiger partial charge on any atom is -0.469 e. The van der Waals surface area contributed by atoms with Gasteiger partial charge in [0.05, 0.1) is 13.0 Å². The van der Waals surface area contributed by atoms with E-state index < -0.39 is 0 Å². The minimum absolute atomic E-state index is 0.0714. The summed E-state index contributed by atoms with van der Waals surface area (Å²) in [5.74, 6) is 0.964. The third-order valence-electron chi connectivity index (χ3n) is 3.33. The number of carbonyl (C=O) groups is 1. The van der Waals surface area contributed by atoms with Gasteiger partial charge in [-0.2, -0.15) is 0 Å². The van der Waals surface area contributed by atoms with Gasteiger partial charge in [0.25, 0.3) is 0 Å². The van der Waals surface area contributed by atoms with Crippen molar-refractivity contribution >= 4 is 5.97 Å². The molecule has 2 atom stereocenters. The normalized spacial score (nSPS) is 23.2. The van der Waals surface area contributed by atoms with Crippen molar-refractivity contribution in [2.24, 2.45) is 5.92 Å². The lowest BCUT2D eigenvalue weighted by molar-refractivity contribution is -0.142. The standard InChI is InChI=1S/C14H18O2/c1-9(2)10-4-6-11(7-5-10)12-8-13(12)14(15)16-3/h4-7,9,12-13H,8H2,1-3H3. The Morgan fingerprint density at radius 2 is 1.94 bits per heavy atom. The lowest BCUT2D eigenvalue weighted by Crippen LogP contribution is -2.03. The monoisotopic (exact) mass is 218 g/mol. The summed E-state index contributed by atoms with van der Waals surface area (Å²) in [6.07, 6.45) is 0.938. The van der Waals surface area contributed by atoms with Gasteiger partial charge in [0.2, 0.25) is 0 Å². The highest BCUT2D eigenvalue weighted by atomic mass is 16.5. The van der Waals surface area contributed by atoms with Gasteiger partial charge in [0.1, 0.15) is 0 Å². The fourth-order valence-corrected chi connectivity index (χ4v) is 2.10. The van der Waals surface area contributed by atoms with Crippen LogP contribution in [0.5, 0.6) is 0 Å². The molecule has 0 spiro atoms. The lowest BCUT2D eigenvalue weighted by atomic mass is 10.00. The van der Waals surface area contributed by atoms with Crippen molar-refractivity contribution < 1.29 is 9.53 Å². The maximum absolute atomic E-state index is 11.3. The van der Waals surface area contributed by atoms with Crippen molar-refractivity contribution in [2.45, 2.75) is 32.1 Å². The second-order valence-electron chi connectivity index (χ2n) is 4.79.